The number of carbonyl (C=O) groups excluding carboxylic acids is 1. The standard InChI is InChI=1S/C13H21Cl2N5O/c1-4-5-16-11-9(14)8-10(15)12(19-11)17-6-7-18-13(21)20(2)3/h8H,4-7H2,1-3H3,(H,18,21)(H2,16,17,19). The summed E-state index contributed by atoms with van der Waals surface area (Å²) in [4.78, 5) is 17.2. The summed E-state index contributed by atoms with van der Waals surface area (Å²) >= 11 is 12.2. The summed E-state index contributed by atoms with van der Waals surface area (Å²) in [5.74, 6) is 1.14. The molecule has 6 nitrogen and oxygen atoms in total. The van der Waals surface area contributed by atoms with E-state index in [9.17, 15) is 4.79 Å². The van der Waals surface area contributed by atoms with Gasteiger partial charge in [0.05, 0.1) is 10.0 Å². The Labute approximate surface area is 135 Å². The molecule has 3 N–H and O–H groups in total. The number of rotatable bonds is 7. The van der Waals surface area contributed by atoms with Crippen molar-refractivity contribution >= 4 is 40.9 Å². The van der Waals surface area contributed by atoms with Gasteiger partial charge in [-0.15, -0.1) is 0 Å². The third kappa shape index (κ3) is 5.85. The lowest BCUT2D eigenvalue weighted by atomic mass is 10.4. The highest BCUT2D eigenvalue weighted by Crippen LogP contribution is 2.28. The molecule has 0 unspecified atom stereocenters. The quantitative estimate of drug-likeness (QED) is 0.671. The molecule has 0 aromatic carbocycles. The van der Waals surface area contributed by atoms with E-state index in [-0.39, 0.29) is 6.03 Å². The average molecular weight is 334 g/mol. The molecule has 0 aliphatic heterocycles. The largest absolute Gasteiger partial charge is 0.369 e. The number of amides is 2. The molecule has 0 bridgehead atoms. The van der Waals surface area contributed by atoms with Crippen LogP contribution in [-0.2, 0) is 0 Å². The fraction of sp³-hybridized carbons (Fsp3) is 0.538. The fourth-order valence-corrected chi connectivity index (χ4v) is 1.96. The summed E-state index contributed by atoms with van der Waals surface area (Å²) < 4.78 is 0. The molecule has 0 saturated carbocycles. The Morgan fingerprint density at radius 1 is 1.14 bits per heavy atom. The molecular formula is C13H21Cl2N5O. The van der Waals surface area contributed by atoms with E-state index < -0.39 is 0 Å². The SMILES string of the molecule is CCCNc1nc(NCCNC(=O)N(C)C)c(Cl)cc1Cl. The average Bonchev–Trinajstić information content (AvgIpc) is 2.43. The molecule has 0 atom stereocenters. The molecule has 8 heteroatoms. The van der Waals surface area contributed by atoms with Crippen molar-refractivity contribution in [2.75, 3.05) is 44.4 Å². The van der Waals surface area contributed by atoms with Gasteiger partial charge < -0.3 is 20.9 Å². The van der Waals surface area contributed by atoms with Crippen molar-refractivity contribution in [3.8, 4) is 0 Å². The molecule has 21 heavy (non-hydrogen) atoms. The van der Waals surface area contributed by atoms with Gasteiger partial charge >= 0.3 is 6.03 Å². The van der Waals surface area contributed by atoms with Gasteiger partial charge in [-0.3, -0.25) is 0 Å². The second kappa shape index (κ2) is 8.79. The number of hydrogen-bond donors (Lipinski definition) is 3. The van der Waals surface area contributed by atoms with Crippen molar-refractivity contribution in [2.45, 2.75) is 13.3 Å². The first-order valence-corrected chi connectivity index (χ1v) is 7.50. The van der Waals surface area contributed by atoms with Gasteiger partial charge in [-0.05, 0) is 12.5 Å². The van der Waals surface area contributed by atoms with Crippen LogP contribution in [0.2, 0.25) is 10.0 Å². The van der Waals surface area contributed by atoms with Crippen molar-refractivity contribution in [3.05, 3.63) is 16.1 Å². The summed E-state index contributed by atoms with van der Waals surface area (Å²) in [6, 6.07) is 1.51. The molecular weight excluding hydrogens is 313 g/mol. The van der Waals surface area contributed by atoms with Gasteiger partial charge in [0, 0.05) is 33.7 Å². The minimum absolute atomic E-state index is 0.141. The van der Waals surface area contributed by atoms with Gasteiger partial charge in [0.15, 0.2) is 0 Å². The molecule has 118 valence electrons. The second-order valence-electron chi connectivity index (χ2n) is 4.63. The maximum atomic E-state index is 11.4. The number of hydrogen-bond acceptors (Lipinski definition) is 4. The van der Waals surface area contributed by atoms with Crippen molar-refractivity contribution in [2.24, 2.45) is 0 Å². The van der Waals surface area contributed by atoms with Crippen molar-refractivity contribution in [3.63, 3.8) is 0 Å². The van der Waals surface area contributed by atoms with E-state index in [1.165, 1.54) is 4.90 Å². The first kappa shape index (κ1) is 17.7. The molecule has 2 amide bonds. The zero-order valence-corrected chi connectivity index (χ0v) is 14.0. The van der Waals surface area contributed by atoms with Crippen LogP contribution in [0.25, 0.3) is 0 Å². The van der Waals surface area contributed by atoms with Gasteiger partial charge in [-0.2, -0.15) is 0 Å². The Morgan fingerprint density at radius 2 is 1.71 bits per heavy atom. The molecule has 1 aromatic heterocycles. The predicted octanol–water partition coefficient (Wildman–Crippen LogP) is 2.89. The third-order valence-corrected chi connectivity index (χ3v) is 3.15. The Kier molecular flexibility index (Phi) is 7.39. The van der Waals surface area contributed by atoms with Crippen LogP contribution in [0, 0.1) is 0 Å². The van der Waals surface area contributed by atoms with Crippen LogP contribution in [0.15, 0.2) is 6.07 Å². The van der Waals surface area contributed by atoms with E-state index >= 15 is 0 Å². The van der Waals surface area contributed by atoms with Crippen LogP contribution >= 0.6 is 23.2 Å². The Morgan fingerprint density at radius 3 is 2.24 bits per heavy atom. The molecule has 1 aromatic rings. The van der Waals surface area contributed by atoms with Gasteiger partial charge in [0.25, 0.3) is 0 Å². The molecule has 1 rings (SSSR count). The number of halogens is 2. The summed E-state index contributed by atoms with van der Waals surface area (Å²) in [6.07, 6.45) is 0.972. The Balaban J connectivity index is 2.56. The molecule has 0 aliphatic carbocycles. The Bertz CT molecular complexity index is 482. The number of urea groups is 1. The monoisotopic (exact) mass is 333 g/mol. The van der Waals surface area contributed by atoms with E-state index in [1.807, 2.05) is 0 Å². The van der Waals surface area contributed by atoms with Gasteiger partial charge in [0.2, 0.25) is 0 Å². The van der Waals surface area contributed by atoms with Crippen LogP contribution in [-0.4, -0.2) is 49.6 Å². The van der Waals surface area contributed by atoms with Crippen molar-refractivity contribution < 1.29 is 4.79 Å². The molecule has 0 fully saturated rings. The van der Waals surface area contributed by atoms with E-state index in [2.05, 4.69) is 27.9 Å². The number of anilines is 2. The first-order valence-electron chi connectivity index (χ1n) is 6.74. The van der Waals surface area contributed by atoms with Crippen molar-refractivity contribution in [1.82, 2.24) is 15.2 Å². The van der Waals surface area contributed by atoms with Crippen LogP contribution in [0.5, 0.6) is 0 Å². The summed E-state index contributed by atoms with van der Waals surface area (Å²) in [6.45, 7) is 3.83. The number of nitrogens with zero attached hydrogens (tertiary/aromatic N) is 2. The van der Waals surface area contributed by atoms with Crippen LogP contribution < -0.4 is 16.0 Å². The summed E-state index contributed by atoms with van der Waals surface area (Å²) in [5.41, 5.74) is 0. The fourth-order valence-electron chi connectivity index (χ4n) is 1.47. The third-order valence-electron chi connectivity index (χ3n) is 2.57. The maximum absolute atomic E-state index is 11.4. The molecule has 0 radical (unpaired) electrons. The normalized spacial score (nSPS) is 10.1. The number of nitrogens with one attached hydrogen (secondary N) is 3. The zero-order valence-electron chi connectivity index (χ0n) is 12.5. The van der Waals surface area contributed by atoms with Crippen molar-refractivity contribution in [1.29, 1.82) is 0 Å². The smallest absolute Gasteiger partial charge is 0.316 e. The van der Waals surface area contributed by atoms with Gasteiger partial charge in [-0.25, -0.2) is 9.78 Å². The van der Waals surface area contributed by atoms with E-state index in [0.29, 0.717) is 34.8 Å². The number of aromatic nitrogens is 1. The lowest BCUT2D eigenvalue weighted by Gasteiger charge is -2.14. The minimum Gasteiger partial charge on any atom is -0.369 e. The topological polar surface area (TPSA) is 69.3 Å². The molecule has 1 heterocycles. The zero-order chi connectivity index (χ0) is 15.8. The van der Waals surface area contributed by atoms with E-state index in [1.54, 1.807) is 20.2 Å². The highest BCUT2D eigenvalue weighted by molar-refractivity contribution is 6.37. The van der Waals surface area contributed by atoms with Crippen LogP contribution in [0.1, 0.15) is 13.3 Å². The number of pyridine rings is 1. The minimum atomic E-state index is -0.141. The molecule has 0 saturated heterocycles. The summed E-state index contributed by atoms with van der Waals surface area (Å²) in [7, 11) is 3.37. The number of carbonyl (C=O) groups is 1. The highest BCUT2D eigenvalue weighted by Gasteiger charge is 2.09. The first-order chi connectivity index (χ1) is 9.95. The maximum Gasteiger partial charge on any atom is 0.316 e. The van der Waals surface area contributed by atoms with E-state index in [0.717, 1.165) is 13.0 Å². The predicted molar refractivity (Wildman–Crippen MR) is 88.6 cm³/mol. The van der Waals surface area contributed by atoms with Crippen LogP contribution in [0.4, 0.5) is 16.4 Å². The highest BCUT2D eigenvalue weighted by atomic mass is 35.5. The van der Waals surface area contributed by atoms with Gasteiger partial charge in [0.1, 0.15) is 11.6 Å². The van der Waals surface area contributed by atoms with Crippen LogP contribution in [0.3, 0.4) is 0 Å². The molecule has 0 aliphatic rings. The lowest BCUT2D eigenvalue weighted by molar-refractivity contribution is 0.218. The molecule has 0 spiro atoms. The van der Waals surface area contributed by atoms with E-state index in [4.69, 9.17) is 23.2 Å². The Hall–Kier alpha value is -1.40. The second-order valence-corrected chi connectivity index (χ2v) is 5.44. The summed E-state index contributed by atoms with van der Waals surface area (Å²) in [5, 5.41) is 9.89. The lowest BCUT2D eigenvalue weighted by Crippen LogP contribution is -2.37. The van der Waals surface area contributed by atoms with Gasteiger partial charge in [-0.1, -0.05) is 30.1 Å².